The van der Waals surface area contributed by atoms with Crippen molar-refractivity contribution in [3.63, 3.8) is 0 Å². The Morgan fingerprint density at radius 2 is 2.10 bits per heavy atom. The van der Waals surface area contributed by atoms with Crippen molar-refractivity contribution in [1.82, 2.24) is 20.2 Å². The summed E-state index contributed by atoms with van der Waals surface area (Å²) in [6, 6.07) is 4.05. The highest BCUT2D eigenvalue weighted by Gasteiger charge is 2.04. The van der Waals surface area contributed by atoms with Crippen LogP contribution in [0.3, 0.4) is 0 Å². The summed E-state index contributed by atoms with van der Waals surface area (Å²) in [6.07, 6.45) is 4.10. The molecule has 7 heteroatoms. The highest BCUT2D eigenvalue weighted by molar-refractivity contribution is 7.13. The second kappa shape index (κ2) is 7.68. The van der Waals surface area contributed by atoms with Crippen LogP contribution in [0.15, 0.2) is 34.9 Å². The fourth-order valence-electron chi connectivity index (χ4n) is 1.80. The minimum atomic E-state index is 0.674. The van der Waals surface area contributed by atoms with Crippen molar-refractivity contribution in [2.24, 2.45) is 4.99 Å². The monoisotopic (exact) mass is 306 g/mol. The van der Waals surface area contributed by atoms with Crippen LogP contribution in [0.4, 0.5) is 5.13 Å². The highest BCUT2D eigenvalue weighted by atomic mass is 32.1. The maximum atomic E-state index is 4.53. The van der Waals surface area contributed by atoms with Gasteiger partial charge in [0.25, 0.3) is 0 Å². The van der Waals surface area contributed by atoms with Crippen LogP contribution in [-0.4, -0.2) is 43.2 Å². The van der Waals surface area contributed by atoms with Gasteiger partial charge in [-0.25, -0.2) is 4.98 Å². The summed E-state index contributed by atoms with van der Waals surface area (Å²) in [7, 11) is 5.77. The Morgan fingerprint density at radius 3 is 2.71 bits per heavy atom. The lowest BCUT2D eigenvalue weighted by Gasteiger charge is -2.11. The van der Waals surface area contributed by atoms with Gasteiger partial charge in [-0.3, -0.25) is 4.99 Å². The third-order valence-electron chi connectivity index (χ3n) is 2.91. The zero-order valence-corrected chi connectivity index (χ0v) is 13.5. The zero-order valence-electron chi connectivity index (χ0n) is 12.7. The van der Waals surface area contributed by atoms with Gasteiger partial charge in [-0.15, -0.1) is 11.3 Å². The molecule has 0 amide bonds. The van der Waals surface area contributed by atoms with Crippen molar-refractivity contribution in [1.29, 1.82) is 0 Å². The molecule has 0 atom stereocenters. The average Bonchev–Trinajstić information content (AvgIpc) is 3.13. The van der Waals surface area contributed by atoms with E-state index < -0.39 is 0 Å². The lowest BCUT2D eigenvalue weighted by Crippen LogP contribution is -2.38. The van der Waals surface area contributed by atoms with Crippen LogP contribution < -0.4 is 15.5 Å². The minimum absolute atomic E-state index is 0.674. The van der Waals surface area contributed by atoms with Gasteiger partial charge >= 0.3 is 0 Å². The standard InChI is InChI=1S/C14H22N6S/c1-15-13(16-6-9-20-7-4-5-8-20)17-10-12-11-21-14(18-12)19(2)3/h4-5,7-8,11H,6,9-10H2,1-3H3,(H2,15,16,17). The molecule has 21 heavy (non-hydrogen) atoms. The number of aromatic nitrogens is 2. The van der Waals surface area contributed by atoms with Crippen molar-refractivity contribution in [2.75, 3.05) is 32.6 Å². The maximum absolute atomic E-state index is 4.53. The van der Waals surface area contributed by atoms with Crippen molar-refractivity contribution in [3.05, 3.63) is 35.6 Å². The molecule has 0 saturated heterocycles. The molecule has 0 saturated carbocycles. The van der Waals surface area contributed by atoms with Crippen LogP contribution in [0, 0.1) is 0 Å². The summed E-state index contributed by atoms with van der Waals surface area (Å²) >= 11 is 1.64. The van der Waals surface area contributed by atoms with E-state index in [4.69, 9.17) is 0 Å². The van der Waals surface area contributed by atoms with E-state index in [2.05, 4.69) is 43.0 Å². The van der Waals surface area contributed by atoms with Gasteiger partial charge < -0.3 is 20.1 Å². The Morgan fingerprint density at radius 1 is 1.33 bits per heavy atom. The third kappa shape index (κ3) is 4.78. The van der Waals surface area contributed by atoms with Crippen LogP contribution in [-0.2, 0) is 13.1 Å². The van der Waals surface area contributed by atoms with E-state index in [1.807, 2.05) is 31.1 Å². The van der Waals surface area contributed by atoms with E-state index in [0.29, 0.717) is 6.54 Å². The van der Waals surface area contributed by atoms with Crippen molar-refractivity contribution < 1.29 is 0 Å². The summed E-state index contributed by atoms with van der Waals surface area (Å²) in [5, 5.41) is 9.65. The molecular weight excluding hydrogens is 284 g/mol. The Balaban J connectivity index is 1.74. The molecule has 0 unspecified atom stereocenters. The number of rotatable bonds is 6. The highest BCUT2D eigenvalue weighted by Crippen LogP contribution is 2.17. The van der Waals surface area contributed by atoms with Crippen LogP contribution >= 0.6 is 11.3 Å². The van der Waals surface area contributed by atoms with E-state index in [-0.39, 0.29) is 0 Å². The van der Waals surface area contributed by atoms with Crippen molar-refractivity contribution >= 4 is 22.4 Å². The van der Waals surface area contributed by atoms with Gasteiger partial charge in [0, 0.05) is 52.0 Å². The van der Waals surface area contributed by atoms with Gasteiger partial charge in [-0.05, 0) is 12.1 Å². The molecule has 0 fully saturated rings. The molecule has 0 radical (unpaired) electrons. The number of nitrogens with zero attached hydrogens (tertiary/aromatic N) is 4. The predicted octanol–water partition coefficient (Wildman–Crippen LogP) is 1.38. The second-order valence-electron chi connectivity index (χ2n) is 4.79. The molecule has 0 aliphatic heterocycles. The molecule has 0 bridgehead atoms. The van der Waals surface area contributed by atoms with Gasteiger partial charge in [0.1, 0.15) is 0 Å². The molecule has 0 aliphatic carbocycles. The molecule has 0 spiro atoms. The lowest BCUT2D eigenvalue weighted by molar-refractivity contribution is 0.664. The SMILES string of the molecule is CN=C(NCCn1cccc1)NCc1csc(N(C)C)n1. The van der Waals surface area contributed by atoms with E-state index in [0.717, 1.165) is 29.9 Å². The fraction of sp³-hybridized carbons (Fsp3) is 0.429. The molecule has 2 rings (SSSR count). The lowest BCUT2D eigenvalue weighted by atomic mass is 10.5. The Labute approximate surface area is 129 Å². The van der Waals surface area contributed by atoms with Gasteiger partial charge in [0.2, 0.25) is 0 Å². The number of nitrogens with one attached hydrogen (secondary N) is 2. The molecule has 2 heterocycles. The zero-order chi connectivity index (χ0) is 15.1. The summed E-state index contributed by atoms with van der Waals surface area (Å²) in [5.74, 6) is 0.793. The first kappa shape index (κ1) is 15.4. The number of guanidine groups is 1. The van der Waals surface area contributed by atoms with Gasteiger partial charge in [-0.2, -0.15) is 0 Å². The van der Waals surface area contributed by atoms with Crippen molar-refractivity contribution in [3.8, 4) is 0 Å². The summed E-state index contributed by atoms with van der Waals surface area (Å²) in [4.78, 5) is 10.8. The molecule has 2 N–H and O–H groups in total. The van der Waals surface area contributed by atoms with Crippen LogP contribution in [0.1, 0.15) is 5.69 Å². The van der Waals surface area contributed by atoms with E-state index in [1.165, 1.54) is 0 Å². The first-order chi connectivity index (χ1) is 10.2. The number of anilines is 1. The molecular formula is C14H22N6S. The summed E-state index contributed by atoms with van der Waals surface area (Å²) in [6.45, 7) is 2.41. The Bertz CT molecular complexity index is 558. The van der Waals surface area contributed by atoms with Gasteiger partial charge in [-0.1, -0.05) is 0 Å². The fourth-order valence-corrected chi connectivity index (χ4v) is 2.56. The third-order valence-corrected chi connectivity index (χ3v) is 3.97. The minimum Gasteiger partial charge on any atom is -0.355 e. The molecule has 0 aliphatic rings. The largest absolute Gasteiger partial charge is 0.355 e. The van der Waals surface area contributed by atoms with Gasteiger partial charge in [0.15, 0.2) is 11.1 Å². The van der Waals surface area contributed by atoms with Crippen LogP contribution in [0.25, 0.3) is 0 Å². The number of aliphatic imine (C=N–C) groups is 1. The molecule has 6 nitrogen and oxygen atoms in total. The molecule has 2 aromatic rings. The normalized spacial score (nSPS) is 11.5. The second-order valence-corrected chi connectivity index (χ2v) is 5.63. The smallest absolute Gasteiger partial charge is 0.191 e. The first-order valence-corrected chi connectivity index (χ1v) is 7.74. The Kier molecular flexibility index (Phi) is 5.62. The number of hydrogen-bond donors (Lipinski definition) is 2. The molecule has 0 aromatic carbocycles. The summed E-state index contributed by atoms with van der Waals surface area (Å²) in [5.41, 5.74) is 1.03. The maximum Gasteiger partial charge on any atom is 0.191 e. The average molecular weight is 306 g/mol. The van der Waals surface area contributed by atoms with E-state index >= 15 is 0 Å². The topological polar surface area (TPSA) is 57.5 Å². The Hall–Kier alpha value is -2.02. The summed E-state index contributed by atoms with van der Waals surface area (Å²) < 4.78 is 2.13. The van der Waals surface area contributed by atoms with Crippen LogP contribution in [0.2, 0.25) is 0 Å². The van der Waals surface area contributed by atoms with E-state index in [1.54, 1.807) is 18.4 Å². The quantitative estimate of drug-likeness (QED) is 0.625. The van der Waals surface area contributed by atoms with Crippen LogP contribution in [0.5, 0.6) is 0 Å². The first-order valence-electron chi connectivity index (χ1n) is 6.86. The van der Waals surface area contributed by atoms with E-state index in [9.17, 15) is 0 Å². The van der Waals surface area contributed by atoms with Gasteiger partial charge in [0.05, 0.1) is 12.2 Å². The number of thiazole rings is 1. The van der Waals surface area contributed by atoms with Crippen molar-refractivity contribution in [2.45, 2.75) is 13.1 Å². The molecule has 114 valence electrons. The predicted molar refractivity (Wildman–Crippen MR) is 89.1 cm³/mol. The number of hydrogen-bond acceptors (Lipinski definition) is 4. The molecule has 2 aromatic heterocycles.